The first-order valence-electron chi connectivity index (χ1n) is 4.57. The summed E-state index contributed by atoms with van der Waals surface area (Å²) in [6, 6.07) is -0.672. The molecule has 0 radical (unpaired) electrons. The van der Waals surface area contributed by atoms with E-state index in [-0.39, 0.29) is 0 Å². The zero-order chi connectivity index (χ0) is 11.6. The first-order chi connectivity index (χ1) is 6.93. The predicted molar refractivity (Wildman–Crippen MR) is 54.8 cm³/mol. The van der Waals surface area contributed by atoms with Gasteiger partial charge in [-0.25, -0.2) is 9.78 Å². The molecule has 0 amide bonds. The Morgan fingerprint density at radius 3 is 2.40 bits per heavy atom. The van der Waals surface area contributed by atoms with Gasteiger partial charge in [0.25, 0.3) is 0 Å². The fourth-order valence-corrected chi connectivity index (χ4v) is 0.934. The van der Waals surface area contributed by atoms with Crippen LogP contribution in [0.2, 0.25) is 0 Å². The van der Waals surface area contributed by atoms with Crippen LogP contribution in [0.15, 0.2) is 0 Å². The lowest BCUT2D eigenvalue weighted by Crippen LogP contribution is -2.37. The number of aryl methyl sites for hydroxylation is 2. The van der Waals surface area contributed by atoms with Crippen LogP contribution < -0.4 is 4.90 Å². The number of hydrogen-bond acceptors (Lipinski definition) is 5. The van der Waals surface area contributed by atoms with Crippen molar-refractivity contribution in [3.8, 4) is 0 Å². The third-order valence-electron chi connectivity index (χ3n) is 2.33. The predicted octanol–water partition coefficient (Wildman–Crippen LogP) is 0.398. The van der Waals surface area contributed by atoms with Gasteiger partial charge in [-0.15, -0.1) is 5.10 Å². The zero-order valence-corrected chi connectivity index (χ0v) is 9.22. The lowest BCUT2D eigenvalue weighted by atomic mass is 10.3. The molecule has 1 aromatic heterocycles. The van der Waals surface area contributed by atoms with E-state index in [9.17, 15) is 4.79 Å². The molecular formula is C9H14N4O2. The van der Waals surface area contributed by atoms with Gasteiger partial charge in [0, 0.05) is 7.05 Å². The van der Waals surface area contributed by atoms with E-state index in [0.717, 1.165) is 11.4 Å². The highest BCUT2D eigenvalue weighted by molar-refractivity contribution is 5.76. The Bertz CT molecular complexity index is 380. The molecule has 1 heterocycles. The number of carboxylic acids is 1. The molecule has 0 aromatic carbocycles. The van der Waals surface area contributed by atoms with Gasteiger partial charge in [0.05, 0.1) is 11.4 Å². The van der Waals surface area contributed by atoms with Gasteiger partial charge < -0.3 is 10.0 Å². The largest absolute Gasteiger partial charge is 0.480 e. The number of rotatable bonds is 3. The molecule has 15 heavy (non-hydrogen) atoms. The average Bonchev–Trinajstić information content (AvgIpc) is 2.19. The molecule has 1 N–H and O–H groups in total. The lowest BCUT2D eigenvalue weighted by molar-refractivity contribution is -0.138. The van der Waals surface area contributed by atoms with Crippen molar-refractivity contribution in [2.45, 2.75) is 26.8 Å². The highest BCUT2D eigenvalue weighted by Gasteiger charge is 2.19. The highest BCUT2D eigenvalue weighted by atomic mass is 16.4. The van der Waals surface area contributed by atoms with Crippen molar-refractivity contribution >= 4 is 11.9 Å². The third-order valence-corrected chi connectivity index (χ3v) is 2.33. The quantitative estimate of drug-likeness (QED) is 0.777. The standard InChI is InChI=1S/C9H14N4O2/c1-5-6(2)11-12-9(10-5)13(4)7(3)8(14)15/h7H,1-4H3,(H,14,15). The van der Waals surface area contributed by atoms with Crippen LogP contribution in [-0.2, 0) is 4.79 Å². The zero-order valence-electron chi connectivity index (χ0n) is 9.22. The van der Waals surface area contributed by atoms with Crippen molar-refractivity contribution < 1.29 is 9.90 Å². The second kappa shape index (κ2) is 4.20. The minimum absolute atomic E-state index is 0.327. The van der Waals surface area contributed by atoms with E-state index in [4.69, 9.17) is 5.11 Å². The first kappa shape index (κ1) is 11.4. The summed E-state index contributed by atoms with van der Waals surface area (Å²) in [5.41, 5.74) is 1.50. The van der Waals surface area contributed by atoms with Crippen LogP contribution in [0.4, 0.5) is 5.95 Å². The molecule has 0 aliphatic rings. The van der Waals surface area contributed by atoms with E-state index < -0.39 is 12.0 Å². The molecule has 82 valence electrons. The summed E-state index contributed by atoms with van der Waals surface area (Å²) in [5.74, 6) is -0.590. The molecule has 1 unspecified atom stereocenters. The van der Waals surface area contributed by atoms with Crippen molar-refractivity contribution in [3.05, 3.63) is 11.4 Å². The second-order valence-electron chi connectivity index (χ2n) is 3.41. The van der Waals surface area contributed by atoms with E-state index in [1.54, 1.807) is 20.9 Å². The molecule has 1 aromatic rings. The van der Waals surface area contributed by atoms with Crippen LogP contribution in [0.25, 0.3) is 0 Å². The van der Waals surface area contributed by atoms with E-state index in [2.05, 4.69) is 15.2 Å². The van der Waals surface area contributed by atoms with Gasteiger partial charge in [-0.2, -0.15) is 5.10 Å². The SMILES string of the molecule is Cc1nnc(N(C)C(C)C(=O)O)nc1C. The summed E-state index contributed by atoms with van der Waals surface area (Å²) in [6.07, 6.45) is 0. The van der Waals surface area contributed by atoms with Crippen LogP contribution in [0.1, 0.15) is 18.3 Å². The number of anilines is 1. The second-order valence-corrected chi connectivity index (χ2v) is 3.41. The Hall–Kier alpha value is -1.72. The van der Waals surface area contributed by atoms with Crippen LogP contribution in [-0.4, -0.2) is 39.3 Å². The molecule has 0 fully saturated rings. The minimum Gasteiger partial charge on any atom is -0.480 e. The Morgan fingerprint density at radius 1 is 1.33 bits per heavy atom. The van der Waals surface area contributed by atoms with Gasteiger partial charge in [0.1, 0.15) is 6.04 Å². The Labute approximate surface area is 88.0 Å². The van der Waals surface area contributed by atoms with E-state index >= 15 is 0 Å². The molecule has 0 bridgehead atoms. The summed E-state index contributed by atoms with van der Waals surface area (Å²) in [7, 11) is 1.63. The van der Waals surface area contributed by atoms with Gasteiger partial charge in [-0.1, -0.05) is 0 Å². The molecule has 6 nitrogen and oxygen atoms in total. The van der Waals surface area contributed by atoms with Crippen LogP contribution in [0.5, 0.6) is 0 Å². The van der Waals surface area contributed by atoms with E-state index in [0.29, 0.717) is 5.95 Å². The van der Waals surface area contributed by atoms with Crippen molar-refractivity contribution in [1.82, 2.24) is 15.2 Å². The highest BCUT2D eigenvalue weighted by Crippen LogP contribution is 2.09. The summed E-state index contributed by atoms with van der Waals surface area (Å²) in [5, 5.41) is 16.6. The van der Waals surface area contributed by atoms with Crippen molar-refractivity contribution in [3.63, 3.8) is 0 Å². The van der Waals surface area contributed by atoms with Gasteiger partial charge in [-0.3, -0.25) is 0 Å². The summed E-state index contributed by atoms with van der Waals surface area (Å²) < 4.78 is 0. The van der Waals surface area contributed by atoms with Crippen LogP contribution >= 0.6 is 0 Å². The maximum Gasteiger partial charge on any atom is 0.326 e. The van der Waals surface area contributed by atoms with E-state index in [1.807, 2.05) is 6.92 Å². The third kappa shape index (κ3) is 2.39. The fraction of sp³-hybridized carbons (Fsp3) is 0.556. The van der Waals surface area contributed by atoms with Gasteiger partial charge in [0.15, 0.2) is 0 Å². The lowest BCUT2D eigenvalue weighted by Gasteiger charge is -2.20. The molecular weight excluding hydrogens is 196 g/mol. The fourth-order valence-electron chi connectivity index (χ4n) is 0.934. The van der Waals surface area contributed by atoms with Gasteiger partial charge >= 0.3 is 5.97 Å². The molecule has 6 heteroatoms. The number of aromatic nitrogens is 3. The topological polar surface area (TPSA) is 79.2 Å². The van der Waals surface area contributed by atoms with Crippen LogP contribution in [0, 0.1) is 13.8 Å². The normalized spacial score (nSPS) is 12.3. The maximum atomic E-state index is 10.7. The molecule has 0 aliphatic heterocycles. The summed E-state index contributed by atoms with van der Waals surface area (Å²) in [4.78, 5) is 16.4. The first-order valence-corrected chi connectivity index (χ1v) is 4.57. The molecule has 0 aliphatic carbocycles. The van der Waals surface area contributed by atoms with E-state index in [1.165, 1.54) is 4.90 Å². The molecule has 0 saturated carbocycles. The Morgan fingerprint density at radius 2 is 1.93 bits per heavy atom. The average molecular weight is 210 g/mol. The minimum atomic E-state index is -0.917. The Kier molecular flexibility index (Phi) is 3.18. The maximum absolute atomic E-state index is 10.7. The number of hydrogen-bond donors (Lipinski definition) is 1. The van der Waals surface area contributed by atoms with Crippen molar-refractivity contribution in [2.75, 3.05) is 11.9 Å². The van der Waals surface area contributed by atoms with Crippen molar-refractivity contribution in [1.29, 1.82) is 0 Å². The summed E-state index contributed by atoms with van der Waals surface area (Å²) >= 11 is 0. The monoisotopic (exact) mass is 210 g/mol. The van der Waals surface area contributed by atoms with Gasteiger partial charge in [0.2, 0.25) is 5.95 Å². The molecule has 0 spiro atoms. The molecule has 1 atom stereocenters. The smallest absolute Gasteiger partial charge is 0.326 e. The number of carbonyl (C=O) groups is 1. The Balaban J connectivity index is 2.96. The number of carboxylic acid groups (broad SMARTS) is 1. The van der Waals surface area contributed by atoms with Crippen LogP contribution in [0.3, 0.4) is 0 Å². The van der Waals surface area contributed by atoms with Crippen molar-refractivity contribution in [2.24, 2.45) is 0 Å². The summed E-state index contributed by atoms with van der Waals surface area (Å²) in [6.45, 7) is 5.19. The molecule has 1 rings (SSSR count). The molecule has 0 saturated heterocycles. The number of aliphatic carboxylic acids is 1. The number of nitrogens with zero attached hydrogens (tertiary/aromatic N) is 4. The van der Waals surface area contributed by atoms with Gasteiger partial charge in [-0.05, 0) is 20.8 Å². The number of likely N-dealkylation sites (N-methyl/N-ethyl adjacent to an activating group) is 1.